The molecule has 0 saturated carbocycles. The Morgan fingerprint density at radius 2 is 2.20 bits per heavy atom. The second-order valence-electron chi connectivity index (χ2n) is 2.53. The average Bonchev–Trinajstić information content (AvgIpc) is 1.85. The Labute approximate surface area is 61.2 Å². The second kappa shape index (κ2) is 3.94. The van der Waals surface area contributed by atoms with Crippen LogP contribution in [0.25, 0.3) is 0 Å². The van der Waals surface area contributed by atoms with Gasteiger partial charge in [-0.2, -0.15) is 0 Å². The number of carboxylic acid groups (broad SMARTS) is 1. The SMILES string of the molecule is C#CC(C)C(C)CC(=O)O. The summed E-state index contributed by atoms with van der Waals surface area (Å²) in [7, 11) is 0. The molecular weight excluding hydrogens is 128 g/mol. The van der Waals surface area contributed by atoms with Gasteiger partial charge in [-0.25, -0.2) is 0 Å². The Morgan fingerprint density at radius 3 is 2.50 bits per heavy atom. The van der Waals surface area contributed by atoms with Gasteiger partial charge in [0.1, 0.15) is 0 Å². The highest BCUT2D eigenvalue weighted by atomic mass is 16.4. The predicted molar refractivity (Wildman–Crippen MR) is 39.4 cm³/mol. The highest BCUT2D eigenvalue weighted by Gasteiger charge is 2.12. The quantitative estimate of drug-likeness (QED) is 0.601. The van der Waals surface area contributed by atoms with Gasteiger partial charge in [0.05, 0.1) is 0 Å². The van der Waals surface area contributed by atoms with E-state index in [9.17, 15) is 4.79 Å². The highest BCUT2D eigenvalue weighted by Crippen LogP contribution is 2.12. The van der Waals surface area contributed by atoms with Crippen molar-refractivity contribution in [3.05, 3.63) is 0 Å². The molecule has 0 radical (unpaired) electrons. The molecule has 0 aliphatic carbocycles. The molecule has 0 rings (SSSR count). The Morgan fingerprint density at radius 1 is 1.70 bits per heavy atom. The molecule has 0 fully saturated rings. The highest BCUT2D eigenvalue weighted by molar-refractivity contribution is 5.67. The Hall–Kier alpha value is -0.970. The van der Waals surface area contributed by atoms with E-state index in [1.165, 1.54) is 0 Å². The van der Waals surface area contributed by atoms with Crippen LogP contribution in [0.4, 0.5) is 0 Å². The number of carbonyl (C=O) groups is 1. The second-order valence-corrected chi connectivity index (χ2v) is 2.53. The third-order valence-electron chi connectivity index (χ3n) is 1.61. The van der Waals surface area contributed by atoms with Gasteiger partial charge < -0.3 is 5.11 Å². The lowest BCUT2D eigenvalue weighted by atomic mass is 9.94. The zero-order chi connectivity index (χ0) is 8.15. The van der Waals surface area contributed by atoms with E-state index in [-0.39, 0.29) is 18.3 Å². The van der Waals surface area contributed by atoms with Crippen LogP contribution in [0.1, 0.15) is 20.3 Å². The van der Waals surface area contributed by atoms with Crippen LogP contribution in [0.15, 0.2) is 0 Å². The van der Waals surface area contributed by atoms with Crippen molar-refractivity contribution in [1.29, 1.82) is 0 Å². The van der Waals surface area contributed by atoms with Gasteiger partial charge in [0, 0.05) is 12.3 Å². The van der Waals surface area contributed by atoms with E-state index < -0.39 is 5.97 Å². The summed E-state index contributed by atoms with van der Waals surface area (Å²) in [4.78, 5) is 10.2. The van der Waals surface area contributed by atoms with E-state index in [4.69, 9.17) is 11.5 Å². The first-order valence-electron chi connectivity index (χ1n) is 3.25. The fourth-order valence-electron chi connectivity index (χ4n) is 0.616. The Kier molecular flexibility index (Phi) is 3.56. The number of aliphatic carboxylic acids is 1. The van der Waals surface area contributed by atoms with Crippen molar-refractivity contribution in [3.63, 3.8) is 0 Å². The molecule has 2 atom stereocenters. The lowest BCUT2D eigenvalue weighted by Gasteiger charge is -2.10. The molecule has 56 valence electrons. The zero-order valence-corrected chi connectivity index (χ0v) is 6.29. The minimum absolute atomic E-state index is 0.0519. The molecule has 0 aromatic carbocycles. The monoisotopic (exact) mass is 140 g/mol. The molecule has 0 saturated heterocycles. The van der Waals surface area contributed by atoms with E-state index in [0.717, 1.165) is 0 Å². The van der Waals surface area contributed by atoms with Crippen molar-refractivity contribution in [2.45, 2.75) is 20.3 Å². The molecule has 1 N–H and O–H groups in total. The van der Waals surface area contributed by atoms with E-state index in [1.54, 1.807) is 0 Å². The Balaban J connectivity index is 3.75. The molecule has 0 bridgehead atoms. The molecule has 0 aromatic rings. The van der Waals surface area contributed by atoms with E-state index in [0.29, 0.717) is 0 Å². The topological polar surface area (TPSA) is 37.3 Å². The molecule has 0 aliphatic rings. The summed E-state index contributed by atoms with van der Waals surface area (Å²) in [6, 6.07) is 0. The number of hydrogen-bond donors (Lipinski definition) is 1. The maximum absolute atomic E-state index is 10.2. The van der Waals surface area contributed by atoms with Crippen LogP contribution in [-0.4, -0.2) is 11.1 Å². The van der Waals surface area contributed by atoms with Crippen LogP contribution in [0.5, 0.6) is 0 Å². The van der Waals surface area contributed by atoms with E-state index >= 15 is 0 Å². The lowest BCUT2D eigenvalue weighted by molar-refractivity contribution is -0.138. The number of rotatable bonds is 3. The fourth-order valence-corrected chi connectivity index (χ4v) is 0.616. The number of carboxylic acids is 1. The lowest BCUT2D eigenvalue weighted by Crippen LogP contribution is -2.10. The van der Waals surface area contributed by atoms with Gasteiger partial charge in [0.15, 0.2) is 0 Å². The van der Waals surface area contributed by atoms with Crippen molar-refractivity contribution < 1.29 is 9.90 Å². The summed E-state index contributed by atoms with van der Waals surface area (Å²) in [6.07, 6.45) is 5.26. The van der Waals surface area contributed by atoms with Crippen molar-refractivity contribution in [2.75, 3.05) is 0 Å². The van der Waals surface area contributed by atoms with Crippen molar-refractivity contribution in [3.8, 4) is 12.3 Å². The van der Waals surface area contributed by atoms with Crippen molar-refractivity contribution in [2.24, 2.45) is 11.8 Å². The molecule has 0 amide bonds. The van der Waals surface area contributed by atoms with E-state index in [2.05, 4.69) is 5.92 Å². The van der Waals surface area contributed by atoms with Crippen LogP contribution >= 0.6 is 0 Å². The number of terminal acetylenes is 1. The van der Waals surface area contributed by atoms with Gasteiger partial charge in [0.2, 0.25) is 0 Å². The first-order chi connectivity index (χ1) is 4.57. The largest absolute Gasteiger partial charge is 0.481 e. The van der Waals surface area contributed by atoms with Gasteiger partial charge in [-0.15, -0.1) is 12.3 Å². The maximum Gasteiger partial charge on any atom is 0.303 e. The molecular formula is C8H12O2. The van der Waals surface area contributed by atoms with Gasteiger partial charge in [-0.05, 0) is 5.92 Å². The summed E-state index contributed by atoms with van der Waals surface area (Å²) in [6.45, 7) is 3.70. The van der Waals surface area contributed by atoms with Crippen LogP contribution in [0, 0.1) is 24.2 Å². The average molecular weight is 140 g/mol. The molecule has 0 aromatic heterocycles. The third kappa shape index (κ3) is 3.13. The summed E-state index contributed by atoms with van der Waals surface area (Å²) in [5, 5.41) is 8.36. The molecule has 0 heterocycles. The summed E-state index contributed by atoms with van der Waals surface area (Å²) in [5.74, 6) is 1.85. The first kappa shape index (κ1) is 9.03. The van der Waals surface area contributed by atoms with E-state index in [1.807, 2.05) is 13.8 Å². The molecule has 0 aliphatic heterocycles. The van der Waals surface area contributed by atoms with Crippen molar-refractivity contribution >= 4 is 5.97 Å². The third-order valence-corrected chi connectivity index (χ3v) is 1.61. The van der Waals surface area contributed by atoms with Gasteiger partial charge >= 0.3 is 5.97 Å². The molecule has 0 spiro atoms. The van der Waals surface area contributed by atoms with Crippen molar-refractivity contribution in [1.82, 2.24) is 0 Å². The normalized spacial score (nSPS) is 15.3. The van der Waals surface area contributed by atoms with Gasteiger partial charge in [0.25, 0.3) is 0 Å². The summed E-state index contributed by atoms with van der Waals surface area (Å²) >= 11 is 0. The molecule has 10 heavy (non-hydrogen) atoms. The minimum Gasteiger partial charge on any atom is -0.481 e. The number of hydrogen-bond acceptors (Lipinski definition) is 1. The maximum atomic E-state index is 10.2. The van der Waals surface area contributed by atoms with Crippen LogP contribution < -0.4 is 0 Å². The standard InChI is InChI=1S/C8H12O2/c1-4-6(2)7(3)5-8(9)10/h1,6-7H,5H2,2-3H3,(H,9,10). The van der Waals surface area contributed by atoms with Crippen LogP contribution in [0.3, 0.4) is 0 Å². The zero-order valence-electron chi connectivity index (χ0n) is 6.29. The van der Waals surface area contributed by atoms with Crippen LogP contribution in [0.2, 0.25) is 0 Å². The summed E-state index contributed by atoms with van der Waals surface area (Å²) in [5.41, 5.74) is 0. The smallest absolute Gasteiger partial charge is 0.303 e. The Bertz CT molecular complexity index is 155. The fraction of sp³-hybridized carbons (Fsp3) is 0.625. The predicted octanol–water partition coefficient (Wildman–Crippen LogP) is 1.37. The summed E-state index contributed by atoms with van der Waals surface area (Å²) < 4.78 is 0. The van der Waals surface area contributed by atoms with Crippen LogP contribution in [-0.2, 0) is 4.79 Å². The molecule has 2 nitrogen and oxygen atoms in total. The molecule has 2 unspecified atom stereocenters. The first-order valence-corrected chi connectivity index (χ1v) is 3.25. The molecule has 2 heteroatoms. The van der Waals surface area contributed by atoms with Gasteiger partial charge in [-0.1, -0.05) is 13.8 Å². The minimum atomic E-state index is -0.783. The van der Waals surface area contributed by atoms with Gasteiger partial charge in [-0.3, -0.25) is 4.79 Å².